The van der Waals surface area contributed by atoms with Crippen LogP contribution in [0, 0.1) is 20.2 Å². The third kappa shape index (κ3) is 4.87. The monoisotopic (exact) mass is 399 g/mol. The molecule has 1 amide bonds. The SMILES string of the molecule is O=C(NC1CCCCC1)OC(c1ccccc1[N+](=O)[O-])c1ccccc1[N+](=O)[O-]. The van der Waals surface area contributed by atoms with Crippen molar-refractivity contribution in [2.75, 3.05) is 0 Å². The molecule has 1 saturated carbocycles. The van der Waals surface area contributed by atoms with Crippen molar-refractivity contribution in [1.29, 1.82) is 0 Å². The third-order valence-corrected chi connectivity index (χ3v) is 4.98. The summed E-state index contributed by atoms with van der Waals surface area (Å²) in [6.07, 6.45) is 2.74. The highest BCUT2D eigenvalue weighted by molar-refractivity contribution is 5.69. The van der Waals surface area contributed by atoms with Crippen LogP contribution in [0.3, 0.4) is 0 Å². The number of carbonyl (C=O) groups excluding carboxylic acids is 1. The molecule has 0 radical (unpaired) electrons. The molecule has 0 atom stereocenters. The van der Waals surface area contributed by atoms with Gasteiger partial charge in [-0.25, -0.2) is 4.79 Å². The number of nitro groups is 2. The van der Waals surface area contributed by atoms with Gasteiger partial charge in [0.2, 0.25) is 0 Å². The molecule has 0 saturated heterocycles. The average Bonchev–Trinajstić information content (AvgIpc) is 2.72. The number of hydrogen-bond acceptors (Lipinski definition) is 6. The van der Waals surface area contributed by atoms with Crippen LogP contribution >= 0.6 is 0 Å². The van der Waals surface area contributed by atoms with Gasteiger partial charge in [-0.3, -0.25) is 20.2 Å². The summed E-state index contributed by atoms with van der Waals surface area (Å²) in [5, 5.41) is 25.8. The van der Waals surface area contributed by atoms with Gasteiger partial charge >= 0.3 is 6.09 Å². The van der Waals surface area contributed by atoms with Crippen LogP contribution in [0.5, 0.6) is 0 Å². The van der Waals surface area contributed by atoms with E-state index >= 15 is 0 Å². The lowest BCUT2D eigenvalue weighted by molar-refractivity contribution is -0.387. The molecule has 0 unspecified atom stereocenters. The van der Waals surface area contributed by atoms with E-state index in [-0.39, 0.29) is 28.5 Å². The van der Waals surface area contributed by atoms with E-state index in [9.17, 15) is 25.0 Å². The Morgan fingerprint density at radius 2 is 1.38 bits per heavy atom. The Hall–Kier alpha value is -3.49. The van der Waals surface area contributed by atoms with E-state index < -0.39 is 22.0 Å². The van der Waals surface area contributed by atoms with E-state index in [1.165, 1.54) is 36.4 Å². The summed E-state index contributed by atoms with van der Waals surface area (Å²) in [7, 11) is 0. The first-order chi connectivity index (χ1) is 14.0. The predicted molar refractivity (Wildman–Crippen MR) is 105 cm³/mol. The highest BCUT2D eigenvalue weighted by atomic mass is 16.6. The highest BCUT2D eigenvalue weighted by Crippen LogP contribution is 2.37. The maximum atomic E-state index is 12.6. The molecular weight excluding hydrogens is 378 g/mol. The predicted octanol–water partition coefficient (Wildman–Crippen LogP) is 4.65. The summed E-state index contributed by atoms with van der Waals surface area (Å²) in [5.74, 6) is 0. The second-order valence-corrected chi connectivity index (χ2v) is 6.90. The number of para-hydroxylation sites is 2. The summed E-state index contributed by atoms with van der Waals surface area (Å²) >= 11 is 0. The van der Waals surface area contributed by atoms with Crippen molar-refractivity contribution in [3.8, 4) is 0 Å². The number of nitrogens with one attached hydrogen (secondary N) is 1. The summed E-state index contributed by atoms with van der Waals surface area (Å²) in [5.41, 5.74) is -0.404. The largest absolute Gasteiger partial charge is 0.436 e. The quantitative estimate of drug-likeness (QED) is 0.557. The topological polar surface area (TPSA) is 125 Å². The van der Waals surface area contributed by atoms with Crippen LogP contribution in [-0.4, -0.2) is 22.0 Å². The van der Waals surface area contributed by atoms with E-state index in [2.05, 4.69) is 5.32 Å². The number of alkyl carbamates (subject to hydrolysis) is 1. The molecule has 2 aromatic rings. The molecule has 0 aromatic heterocycles. The Morgan fingerprint density at radius 3 is 1.86 bits per heavy atom. The molecule has 3 rings (SSSR count). The number of ether oxygens (including phenoxy) is 1. The van der Waals surface area contributed by atoms with Gasteiger partial charge in [0.25, 0.3) is 11.4 Å². The zero-order valence-electron chi connectivity index (χ0n) is 15.7. The van der Waals surface area contributed by atoms with Gasteiger partial charge in [-0.15, -0.1) is 0 Å². The minimum absolute atomic E-state index is 0.0339. The molecule has 0 bridgehead atoms. The highest BCUT2D eigenvalue weighted by Gasteiger charge is 2.32. The van der Waals surface area contributed by atoms with Gasteiger partial charge in [-0.1, -0.05) is 43.5 Å². The molecule has 1 fully saturated rings. The molecule has 29 heavy (non-hydrogen) atoms. The Bertz CT molecular complexity index is 853. The normalized spacial score (nSPS) is 14.4. The molecule has 9 heteroatoms. The van der Waals surface area contributed by atoms with Crippen molar-refractivity contribution in [1.82, 2.24) is 5.32 Å². The lowest BCUT2D eigenvalue weighted by atomic mass is 9.96. The summed E-state index contributed by atoms with van der Waals surface area (Å²) in [6.45, 7) is 0. The van der Waals surface area contributed by atoms with Gasteiger partial charge in [0.15, 0.2) is 6.10 Å². The van der Waals surface area contributed by atoms with Gasteiger partial charge in [-0.05, 0) is 25.0 Å². The number of rotatable bonds is 6. The van der Waals surface area contributed by atoms with E-state index in [1.807, 2.05) is 0 Å². The average molecular weight is 399 g/mol. The van der Waals surface area contributed by atoms with Crippen molar-refractivity contribution >= 4 is 17.5 Å². The molecule has 1 aliphatic rings. The van der Waals surface area contributed by atoms with Crippen LogP contribution in [0.25, 0.3) is 0 Å². The number of carbonyl (C=O) groups is 1. The van der Waals surface area contributed by atoms with E-state index in [0.29, 0.717) is 0 Å². The fraction of sp³-hybridized carbons (Fsp3) is 0.350. The zero-order valence-corrected chi connectivity index (χ0v) is 15.7. The van der Waals surface area contributed by atoms with Crippen molar-refractivity contribution < 1.29 is 19.4 Å². The second kappa shape index (κ2) is 9.13. The van der Waals surface area contributed by atoms with Crippen LogP contribution in [0.4, 0.5) is 16.2 Å². The molecule has 1 aliphatic carbocycles. The van der Waals surface area contributed by atoms with Gasteiger partial charge in [0.1, 0.15) is 0 Å². The summed E-state index contributed by atoms with van der Waals surface area (Å²) < 4.78 is 5.55. The van der Waals surface area contributed by atoms with Gasteiger partial charge in [0, 0.05) is 18.2 Å². The Balaban J connectivity index is 1.98. The molecule has 152 valence electrons. The van der Waals surface area contributed by atoms with Crippen LogP contribution in [0.15, 0.2) is 48.5 Å². The van der Waals surface area contributed by atoms with Crippen LogP contribution in [0.1, 0.15) is 49.3 Å². The first-order valence-electron chi connectivity index (χ1n) is 9.41. The van der Waals surface area contributed by atoms with Crippen molar-refractivity contribution in [3.63, 3.8) is 0 Å². The van der Waals surface area contributed by atoms with Crippen molar-refractivity contribution in [3.05, 3.63) is 79.9 Å². The Kier molecular flexibility index (Phi) is 6.38. The number of benzene rings is 2. The molecular formula is C20H21N3O6. The standard InChI is InChI=1S/C20H21N3O6/c24-20(21-14-8-2-1-3-9-14)29-19(15-10-4-6-12-17(15)22(25)26)16-11-5-7-13-18(16)23(27)28/h4-7,10-14,19H,1-3,8-9H2,(H,21,24). The van der Waals surface area contributed by atoms with Gasteiger partial charge in [-0.2, -0.15) is 0 Å². The van der Waals surface area contributed by atoms with E-state index in [1.54, 1.807) is 12.1 Å². The first kappa shape index (κ1) is 20.2. The Morgan fingerprint density at radius 1 is 0.897 bits per heavy atom. The smallest absolute Gasteiger partial charge is 0.408 e. The summed E-state index contributed by atoms with van der Waals surface area (Å²) in [6, 6.07) is 11.5. The lowest BCUT2D eigenvalue weighted by Crippen LogP contribution is -2.37. The zero-order chi connectivity index (χ0) is 20.8. The molecule has 0 heterocycles. The van der Waals surface area contributed by atoms with Gasteiger partial charge < -0.3 is 10.1 Å². The van der Waals surface area contributed by atoms with E-state index in [0.717, 1.165) is 32.1 Å². The minimum Gasteiger partial charge on any atom is -0.436 e. The molecule has 0 aliphatic heterocycles. The van der Waals surface area contributed by atoms with Crippen molar-refractivity contribution in [2.24, 2.45) is 0 Å². The second-order valence-electron chi connectivity index (χ2n) is 6.90. The Labute approximate surface area is 167 Å². The number of nitro benzene ring substituents is 2. The van der Waals surface area contributed by atoms with Gasteiger partial charge in [0.05, 0.1) is 21.0 Å². The third-order valence-electron chi connectivity index (χ3n) is 4.98. The van der Waals surface area contributed by atoms with E-state index in [4.69, 9.17) is 4.74 Å². The van der Waals surface area contributed by atoms with Crippen LogP contribution in [-0.2, 0) is 4.74 Å². The van der Waals surface area contributed by atoms with Crippen LogP contribution < -0.4 is 5.32 Å². The fourth-order valence-corrected chi connectivity index (χ4v) is 3.60. The molecule has 2 aromatic carbocycles. The minimum atomic E-state index is -1.29. The summed E-state index contributed by atoms with van der Waals surface area (Å²) in [4.78, 5) is 34.4. The molecule has 9 nitrogen and oxygen atoms in total. The fourth-order valence-electron chi connectivity index (χ4n) is 3.60. The first-order valence-corrected chi connectivity index (χ1v) is 9.41. The number of amides is 1. The molecule has 1 N–H and O–H groups in total. The molecule has 0 spiro atoms. The maximum Gasteiger partial charge on any atom is 0.408 e. The number of nitrogens with zero attached hydrogens (tertiary/aromatic N) is 2. The lowest BCUT2D eigenvalue weighted by Gasteiger charge is -2.24. The van der Waals surface area contributed by atoms with Crippen molar-refractivity contribution in [2.45, 2.75) is 44.2 Å². The number of hydrogen-bond donors (Lipinski definition) is 1. The maximum absolute atomic E-state index is 12.6. The van der Waals surface area contributed by atoms with Crippen LogP contribution in [0.2, 0.25) is 0 Å².